The second kappa shape index (κ2) is 6.25. The average molecular weight is 316 g/mol. The van der Waals surface area contributed by atoms with Gasteiger partial charge in [0.25, 0.3) is 0 Å². The van der Waals surface area contributed by atoms with Gasteiger partial charge in [0, 0.05) is 30.5 Å². The lowest BCUT2D eigenvalue weighted by Crippen LogP contribution is -2.12. The van der Waals surface area contributed by atoms with Gasteiger partial charge >= 0.3 is 0 Å². The topological polar surface area (TPSA) is 94.0 Å². The zero-order chi connectivity index (χ0) is 15.5. The SMILES string of the molecule is Cc1coc2ccc(NC(=O)CCc3nnc(CN)s3)cc12. The summed E-state index contributed by atoms with van der Waals surface area (Å²) >= 11 is 1.45. The van der Waals surface area contributed by atoms with Crippen LogP contribution in [-0.4, -0.2) is 16.1 Å². The zero-order valence-corrected chi connectivity index (χ0v) is 12.9. The van der Waals surface area contributed by atoms with E-state index in [1.165, 1.54) is 11.3 Å². The third kappa shape index (κ3) is 3.15. The van der Waals surface area contributed by atoms with Crippen LogP contribution < -0.4 is 11.1 Å². The number of fused-ring (bicyclic) bond motifs is 1. The Bertz CT molecular complexity index is 809. The third-order valence-electron chi connectivity index (χ3n) is 3.30. The van der Waals surface area contributed by atoms with Crippen LogP contribution in [0.5, 0.6) is 0 Å². The van der Waals surface area contributed by atoms with Crippen molar-refractivity contribution in [2.45, 2.75) is 26.3 Å². The highest BCUT2D eigenvalue weighted by Gasteiger charge is 2.09. The molecule has 22 heavy (non-hydrogen) atoms. The fourth-order valence-electron chi connectivity index (χ4n) is 2.15. The van der Waals surface area contributed by atoms with Gasteiger partial charge in [-0.25, -0.2) is 0 Å². The number of carbonyl (C=O) groups is 1. The van der Waals surface area contributed by atoms with Gasteiger partial charge in [0.2, 0.25) is 5.91 Å². The van der Waals surface area contributed by atoms with Gasteiger partial charge in [-0.3, -0.25) is 4.79 Å². The minimum absolute atomic E-state index is 0.0509. The molecule has 1 amide bonds. The number of amides is 1. The number of hydrogen-bond acceptors (Lipinski definition) is 6. The Morgan fingerprint density at radius 2 is 2.18 bits per heavy atom. The zero-order valence-electron chi connectivity index (χ0n) is 12.1. The first-order chi connectivity index (χ1) is 10.7. The molecule has 0 spiro atoms. The third-order valence-corrected chi connectivity index (χ3v) is 4.31. The summed E-state index contributed by atoms with van der Waals surface area (Å²) in [4.78, 5) is 12.0. The van der Waals surface area contributed by atoms with E-state index >= 15 is 0 Å². The van der Waals surface area contributed by atoms with Crippen molar-refractivity contribution in [2.24, 2.45) is 5.73 Å². The second-order valence-electron chi connectivity index (χ2n) is 4.97. The van der Waals surface area contributed by atoms with Crippen LogP contribution in [0.25, 0.3) is 11.0 Å². The Kier molecular flexibility index (Phi) is 4.17. The summed E-state index contributed by atoms with van der Waals surface area (Å²) in [6.07, 6.45) is 2.64. The number of aromatic nitrogens is 2. The number of hydrogen-bond donors (Lipinski definition) is 2. The maximum atomic E-state index is 12.0. The van der Waals surface area contributed by atoms with E-state index in [-0.39, 0.29) is 5.91 Å². The quantitative estimate of drug-likeness (QED) is 0.754. The first-order valence-electron chi connectivity index (χ1n) is 6.95. The average Bonchev–Trinajstić information content (AvgIpc) is 3.12. The summed E-state index contributed by atoms with van der Waals surface area (Å²) in [6, 6.07) is 5.61. The molecule has 0 fully saturated rings. The van der Waals surface area contributed by atoms with E-state index in [2.05, 4.69) is 15.5 Å². The van der Waals surface area contributed by atoms with Gasteiger partial charge < -0.3 is 15.5 Å². The van der Waals surface area contributed by atoms with Crippen LogP contribution in [0.4, 0.5) is 5.69 Å². The van der Waals surface area contributed by atoms with Crippen molar-refractivity contribution >= 4 is 33.9 Å². The fourth-order valence-corrected chi connectivity index (χ4v) is 2.87. The molecular weight excluding hydrogens is 300 g/mol. The van der Waals surface area contributed by atoms with Crippen LogP contribution in [-0.2, 0) is 17.8 Å². The summed E-state index contributed by atoms with van der Waals surface area (Å²) in [6.45, 7) is 2.36. The molecule has 2 aromatic heterocycles. The Balaban J connectivity index is 1.61. The van der Waals surface area contributed by atoms with E-state index in [1.54, 1.807) is 6.26 Å². The molecule has 3 N–H and O–H groups in total. The maximum Gasteiger partial charge on any atom is 0.224 e. The molecule has 0 saturated heterocycles. The van der Waals surface area contributed by atoms with Crippen molar-refractivity contribution in [2.75, 3.05) is 5.32 Å². The fraction of sp³-hybridized carbons (Fsp3) is 0.267. The molecule has 0 bridgehead atoms. The predicted octanol–water partition coefficient (Wildman–Crippen LogP) is 2.62. The van der Waals surface area contributed by atoms with Crippen LogP contribution in [0.15, 0.2) is 28.9 Å². The minimum atomic E-state index is -0.0509. The Morgan fingerprint density at radius 1 is 1.36 bits per heavy atom. The molecule has 1 aromatic carbocycles. The van der Waals surface area contributed by atoms with E-state index in [0.29, 0.717) is 19.4 Å². The highest BCUT2D eigenvalue weighted by atomic mass is 32.1. The monoisotopic (exact) mass is 316 g/mol. The molecule has 0 aliphatic rings. The molecule has 0 aliphatic carbocycles. The van der Waals surface area contributed by atoms with Gasteiger partial charge in [-0.15, -0.1) is 21.5 Å². The smallest absolute Gasteiger partial charge is 0.224 e. The van der Waals surface area contributed by atoms with Crippen LogP contribution in [0.1, 0.15) is 22.0 Å². The van der Waals surface area contributed by atoms with Gasteiger partial charge in [0.15, 0.2) is 0 Å². The number of nitrogens with zero attached hydrogens (tertiary/aromatic N) is 2. The normalized spacial score (nSPS) is 11.0. The number of nitrogens with two attached hydrogens (primary N) is 1. The van der Waals surface area contributed by atoms with E-state index < -0.39 is 0 Å². The largest absolute Gasteiger partial charge is 0.464 e. The molecule has 6 nitrogen and oxygen atoms in total. The first-order valence-corrected chi connectivity index (χ1v) is 7.76. The highest BCUT2D eigenvalue weighted by molar-refractivity contribution is 7.11. The van der Waals surface area contributed by atoms with Crippen molar-refractivity contribution in [3.05, 3.63) is 40.0 Å². The lowest BCUT2D eigenvalue weighted by molar-refractivity contribution is -0.116. The molecule has 0 atom stereocenters. The number of nitrogens with one attached hydrogen (secondary N) is 1. The van der Waals surface area contributed by atoms with Gasteiger partial charge in [0.1, 0.15) is 15.6 Å². The van der Waals surface area contributed by atoms with Crippen LogP contribution in [0, 0.1) is 6.92 Å². The number of aryl methyl sites for hydroxylation is 2. The van der Waals surface area contributed by atoms with Crippen molar-refractivity contribution in [3.63, 3.8) is 0 Å². The van der Waals surface area contributed by atoms with Gasteiger partial charge in [0.05, 0.1) is 6.26 Å². The molecule has 0 unspecified atom stereocenters. The number of benzene rings is 1. The molecule has 3 rings (SSSR count). The molecular formula is C15H16N4O2S. The van der Waals surface area contributed by atoms with Gasteiger partial charge in [-0.05, 0) is 30.7 Å². The summed E-state index contributed by atoms with van der Waals surface area (Å²) in [5, 5.41) is 13.5. The summed E-state index contributed by atoms with van der Waals surface area (Å²) in [7, 11) is 0. The molecule has 0 radical (unpaired) electrons. The maximum absolute atomic E-state index is 12.0. The van der Waals surface area contributed by atoms with Crippen molar-refractivity contribution in [3.8, 4) is 0 Å². The lowest BCUT2D eigenvalue weighted by atomic mass is 10.1. The van der Waals surface area contributed by atoms with E-state index in [0.717, 1.165) is 32.2 Å². The highest BCUT2D eigenvalue weighted by Crippen LogP contribution is 2.24. The van der Waals surface area contributed by atoms with Crippen molar-refractivity contribution in [1.82, 2.24) is 10.2 Å². The summed E-state index contributed by atoms with van der Waals surface area (Å²) < 4.78 is 5.39. The van der Waals surface area contributed by atoms with Gasteiger partial charge in [-0.2, -0.15) is 0 Å². The Hall–Kier alpha value is -2.25. The van der Waals surface area contributed by atoms with Crippen LogP contribution in [0.2, 0.25) is 0 Å². The van der Waals surface area contributed by atoms with Crippen LogP contribution in [0.3, 0.4) is 0 Å². The molecule has 3 aromatic rings. The lowest BCUT2D eigenvalue weighted by Gasteiger charge is -2.04. The predicted molar refractivity (Wildman–Crippen MR) is 85.7 cm³/mol. The standard InChI is InChI=1S/C15H16N4O2S/c1-9-8-21-12-3-2-10(6-11(9)12)17-13(20)4-5-14-18-19-15(7-16)22-14/h2-3,6,8H,4-5,7,16H2,1H3,(H,17,20). The van der Waals surface area contributed by atoms with E-state index in [9.17, 15) is 4.79 Å². The number of anilines is 1. The number of carbonyl (C=O) groups excluding carboxylic acids is 1. The molecule has 2 heterocycles. The minimum Gasteiger partial charge on any atom is -0.464 e. The molecule has 0 saturated carbocycles. The van der Waals surface area contributed by atoms with Crippen molar-refractivity contribution < 1.29 is 9.21 Å². The van der Waals surface area contributed by atoms with E-state index in [4.69, 9.17) is 10.2 Å². The molecule has 7 heteroatoms. The van der Waals surface area contributed by atoms with Gasteiger partial charge in [-0.1, -0.05) is 0 Å². The second-order valence-corrected chi connectivity index (χ2v) is 6.12. The molecule has 114 valence electrons. The van der Waals surface area contributed by atoms with Crippen molar-refractivity contribution in [1.29, 1.82) is 0 Å². The summed E-state index contributed by atoms with van der Waals surface area (Å²) in [5.41, 5.74) is 8.13. The number of furan rings is 1. The Labute approximate surface area is 131 Å². The summed E-state index contributed by atoms with van der Waals surface area (Å²) in [5.74, 6) is -0.0509. The number of rotatable bonds is 5. The van der Waals surface area contributed by atoms with Crippen LogP contribution >= 0.6 is 11.3 Å². The first kappa shape index (κ1) is 14.7. The van der Waals surface area contributed by atoms with E-state index in [1.807, 2.05) is 25.1 Å². The Morgan fingerprint density at radius 3 is 2.95 bits per heavy atom. The molecule has 0 aliphatic heterocycles.